The van der Waals surface area contributed by atoms with Crippen LogP contribution in [0.15, 0.2) is 67.6 Å². The summed E-state index contributed by atoms with van der Waals surface area (Å²) in [6.45, 7) is 0. The van der Waals surface area contributed by atoms with Crippen LogP contribution in [0.5, 0.6) is 0 Å². The Balaban J connectivity index is 1.71. The number of nitro groups is 1. The normalized spacial score (nSPS) is 11.4. The highest BCUT2D eigenvalue weighted by Gasteiger charge is 2.14. The molecule has 0 saturated heterocycles. The van der Waals surface area contributed by atoms with Crippen LogP contribution in [0.4, 0.5) is 5.69 Å². The van der Waals surface area contributed by atoms with Crippen molar-refractivity contribution in [3.8, 4) is 17.3 Å². The highest BCUT2D eigenvalue weighted by Crippen LogP contribution is 2.28. The van der Waals surface area contributed by atoms with Crippen LogP contribution in [-0.4, -0.2) is 9.91 Å². The number of halogens is 1. The van der Waals surface area contributed by atoms with Crippen LogP contribution in [0.3, 0.4) is 0 Å². The van der Waals surface area contributed by atoms with Crippen molar-refractivity contribution in [3.05, 3.63) is 89.5 Å². The zero-order valence-corrected chi connectivity index (χ0v) is 17.4. The molecule has 0 saturated carbocycles. The fourth-order valence-electron chi connectivity index (χ4n) is 2.79. The number of allylic oxidation sites excluding steroid dienone is 1. The molecule has 0 fully saturated rings. The molecule has 0 amide bonds. The van der Waals surface area contributed by atoms with E-state index in [1.54, 1.807) is 41.8 Å². The van der Waals surface area contributed by atoms with Crippen molar-refractivity contribution in [1.82, 2.24) is 4.98 Å². The number of nitriles is 1. The van der Waals surface area contributed by atoms with E-state index in [1.165, 1.54) is 23.5 Å². The van der Waals surface area contributed by atoms with E-state index in [0.717, 1.165) is 9.86 Å². The number of aromatic nitrogens is 1. The van der Waals surface area contributed by atoms with E-state index in [9.17, 15) is 20.2 Å². The van der Waals surface area contributed by atoms with Gasteiger partial charge in [-0.25, -0.2) is 9.78 Å². The summed E-state index contributed by atoms with van der Waals surface area (Å²) in [4.78, 5) is 27.1. The number of nitrogens with zero attached hydrogens (tertiary/aromatic N) is 3. The van der Waals surface area contributed by atoms with Crippen LogP contribution in [0, 0.1) is 21.4 Å². The minimum Gasteiger partial charge on any atom is -0.422 e. The van der Waals surface area contributed by atoms with Gasteiger partial charge in [0.25, 0.3) is 5.69 Å². The molecule has 0 bridgehead atoms. The van der Waals surface area contributed by atoms with E-state index in [2.05, 4.69) is 27.0 Å². The number of nitro benzene ring substituents is 1. The SMILES string of the molecule is N#C/C(=C\c1ccc([N+](=O)[O-])cc1)c1nc(-c2cc3cc(Br)ccc3oc2=O)cs1. The lowest BCUT2D eigenvalue weighted by Crippen LogP contribution is -2.02. The van der Waals surface area contributed by atoms with Crippen LogP contribution in [0.25, 0.3) is 33.9 Å². The molecule has 0 atom stereocenters. The molecule has 0 radical (unpaired) electrons. The Labute approximate surface area is 181 Å². The Bertz CT molecular complexity index is 1410. The molecule has 4 rings (SSSR count). The van der Waals surface area contributed by atoms with Gasteiger partial charge in [-0.1, -0.05) is 15.9 Å². The monoisotopic (exact) mass is 479 g/mol. The van der Waals surface area contributed by atoms with Gasteiger partial charge in [-0.05, 0) is 48.0 Å². The minimum absolute atomic E-state index is 0.0307. The van der Waals surface area contributed by atoms with Gasteiger partial charge in [0.1, 0.15) is 16.7 Å². The molecule has 0 spiro atoms. The summed E-state index contributed by atoms with van der Waals surface area (Å²) < 4.78 is 6.23. The third kappa shape index (κ3) is 3.91. The summed E-state index contributed by atoms with van der Waals surface area (Å²) in [5.74, 6) is 0. The average Bonchev–Trinajstić information content (AvgIpc) is 3.22. The molecule has 7 nitrogen and oxygen atoms in total. The summed E-state index contributed by atoms with van der Waals surface area (Å²) in [6, 6.07) is 15.0. The molecule has 30 heavy (non-hydrogen) atoms. The van der Waals surface area contributed by atoms with E-state index in [-0.39, 0.29) is 11.3 Å². The van der Waals surface area contributed by atoms with Gasteiger partial charge >= 0.3 is 5.63 Å². The van der Waals surface area contributed by atoms with Gasteiger partial charge in [0.2, 0.25) is 0 Å². The molecule has 0 aliphatic carbocycles. The summed E-state index contributed by atoms with van der Waals surface area (Å²) in [5.41, 5.74) is 1.55. The maximum atomic E-state index is 12.4. The van der Waals surface area contributed by atoms with Gasteiger partial charge in [-0.3, -0.25) is 10.1 Å². The second-order valence-corrected chi connectivity index (χ2v) is 7.96. The van der Waals surface area contributed by atoms with Gasteiger partial charge < -0.3 is 4.42 Å². The molecule has 2 heterocycles. The van der Waals surface area contributed by atoms with Crippen molar-refractivity contribution in [1.29, 1.82) is 5.26 Å². The molecule has 146 valence electrons. The molecular weight excluding hydrogens is 470 g/mol. The minimum atomic E-state index is -0.514. The maximum absolute atomic E-state index is 12.4. The average molecular weight is 480 g/mol. The first-order valence-electron chi connectivity index (χ1n) is 8.50. The number of thiazole rings is 1. The van der Waals surface area contributed by atoms with Crippen molar-refractivity contribution in [2.24, 2.45) is 0 Å². The van der Waals surface area contributed by atoms with E-state index in [0.29, 0.717) is 27.4 Å². The first-order valence-corrected chi connectivity index (χ1v) is 10.2. The van der Waals surface area contributed by atoms with Crippen molar-refractivity contribution in [2.45, 2.75) is 0 Å². The second kappa shape index (κ2) is 8.02. The second-order valence-electron chi connectivity index (χ2n) is 6.19. The van der Waals surface area contributed by atoms with Gasteiger partial charge in [-0.15, -0.1) is 11.3 Å². The fraction of sp³-hybridized carbons (Fsp3) is 0. The lowest BCUT2D eigenvalue weighted by atomic mass is 10.1. The Morgan fingerprint density at radius 1 is 1.23 bits per heavy atom. The Kier molecular flexibility index (Phi) is 5.27. The number of hydrogen-bond donors (Lipinski definition) is 0. The third-order valence-corrected chi connectivity index (χ3v) is 5.61. The fourth-order valence-corrected chi connectivity index (χ4v) is 3.96. The molecule has 0 unspecified atom stereocenters. The lowest BCUT2D eigenvalue weighted by Gasteiger charge is -2.00. The summed E-state index contributed by atoms with van der Waals surface area (Å²) >= 11 is 4.62. The molecule has 0 aliphatic rings. The van der Waals surface area contributed by atoms with Crippen LogP contribution in [-0.2, 0) is 0 Å². The topological polar surface area (TPSA) is 110 Å². The molecule has 9 heteroatoms. The number of non-ortho nitro benzene ring substituents is 1. The van der Waals surface area contributed by atoms with Gasteiger partial charge in [-0.2, -0.15) is 5.26 Å². The highest BCUT2D eigenvalue weighted by molar-refractivity contribution is 9.10. The molecule has 2 aromatic heterocycles. The molecule has 0 aliphatic heterocycles. The van der Waals surface area contributed by atoms with Crippen LogP contribution in [0.2, 0.25) is 0 Å². The van der Waals surface area contributed by atoms with Crippen molar-refractivity contribution in [3.63, 3.8) is 0 Å². The predicted molar refractivity (Wildman–Crippen MR) is 118 cm³/mol. The number of rotatable bonds is 4. The van der Waals surface area contributed by atoms with Crippen LogP contribution >= 0.6 is 27.3 Å². The smallest absolute Gasteiger partial charge is 0.345 e. The molecular formula is C21H10BrN3O4S. The highest BCUT2D eigenvalue weighted by atomic mass is 79.9. The van der Waals surface area contributed by atoms with E-state index in [4.69, 9.17) is 4.42 Å². The zero-order valence-electron chi connectivity index (χ0n) is 15.0. The maximum Gasteiger partial charge on any atom is 0.345 e. The third-order valence-electron chi connectivity index (χ3n) is 4.24. The first-order chi connectivity index (χ1) is 14.4. The Hall–Kier alpha value is -3.61. The van der Waals surface area contributed by atoms with Gasteiger partial charge in [0, 0.05) is 27.4 Å². The Morgan fingerprint density at radius 2 is 2.00 bits per heavy atom. The molecule has 0 N–H and O–H groups in total. The lowest BCUT2D eigenvalue weighted by molar-refractivity contribution is -0.384. The van der Waals surface area contributed by atoms with E-state index in [1.807, 2.05) is 6.07 Å². The predicted octanol–water partition coefficient (Wildman–Crippen LogP) is 5.65. The van der Waals surface area contributed by atoms with Crippen molar-refractivity contribution >= 4 is 55.6 Å². The Morgan fingerprint density at radius 3 is 2.70 bits per heavy atom. The quantitative estimate of drug-likeness (QED) is 0.162. The van der Waals surface area contributed by atoms with Gasteiger partial charge in [0.15, 0.2) is 0 Å². The largest absolute Gasteiger partial charge is 0.422 e. The standard InChI is InChI=1S/C21H10BrN3O4S/c22-15-3-6-19-13(8-15)9-17(21(26)29-19)18-11-30-20(24-18)14(10-23)7-12-1-4-16(5-2-12)25(27)28/h1-9,11H/b14-7+. The zero-order chi connectivity index (χ0) is 21.3. The van der Waals surface area contributed by atoms with E-state index < -0.39 is 10.5 Å². The number of benzene rings is 2. The molecule has 2 aromatic carbocycles. The van der Waals surface area contributed by atoms with Crippen LogP contribution in [0.1, 0.15) is 10.6 Å². The van der Waals surface area contributed by atoms with E-state index >= 15 is 0 Å². The first kappa shape index (κ1) is 19.7. The molecule has 4 aromatic rings. The van der Waals surface area contributed by atoms with Crippen LogP contribution < -0.4 is 5.63 Å². The van der Waals surface area contributed by atoms with Crippen molar-refractivity contribution < 1.29 is 9.34 Å². The number of fused-ring (bicyclic) bond motifs is 1. The summed E-state index contributed by atoms with van der Waals surface area (Å²) in [6.07, 6.45) is 1.59. The summed E-state index contributed by atoms with van der Waals surface area (Å²) in [7, 11) is 0. The van der Waals surface area contributed by atoms with Gasteiger partial charge in [0.05, 0.1) is 21.8 Å². The summed E-state index contributed by atoms with van der Waals surface area (Å²) in [5, 5.41) is 23.2. The number of hydrogen-bond acceptors (Lipinski definition) is 7. The van der Waals surface area contributed by atoms with Crippen molar-refractivity contribution in [2.75, 3.05) is 0 Å².